The maximum Gasteiger partial charge on any atom is 0.276 e. The van der Waals surface area contributed by atoms with E-state index in [9.17, 15) is 4.79 Å². The number of aromatic nitrogens is 3. The van der Waals surface area contributed by atoms with Crippen molar-refractivity contribution in [3.05, 3.63) is 30.1 Å². The van der Waals surface area contributed by atoms with Gasteiger partial charge >= 0.3 is 0 Å². The normalized spacial score (nSPS) is 23.8. The zero-order chi connectivity index (χ0) is 18.1. The molecule has 140 valence electrons. The Kier molecular flexibility index (Phi) is 4.67. The summed E-state index contributed by atoms with van der Waals surface area (Å²) in [6.07, 6.45) is 8.68. The molecule has 2 aromatic heterocycles. The highest BCUT2D eigenvalue weighted by atomic mass is 16.5. The lowest BCUT2D eigenvalue weighted by molar-refractivity contribution is 0.0673. The van der Waals surface area contributed by atoms with Gasteiger partial charge in [-0.1, -0.05) is 12.8 Å². The summed E-state index contributed by atoms with van der Waals surface area (Å²) in [5, 5.41) is 4.23. The van der Waals surface area contributed by atoms with Crippen LogP contribution in [0.25, 0.3) is 0 Å². The zero-order valence-corrected chi connectivity index (χ0v) is 15.0. The Balaban J connectivity index is 1.50. The van der Waals surface area contributed by atoms with Crippen LogP contribution in [0.15, 0.2) is 22.9 Å². The topological polar surface area (TPSA) is 99.4 Å². The van der Waals surface area contributed by atoms with Crippen LogP contribution < -0.4 is 5.73 Å². The van der Waals surface area contributed by atoms with Crippen molar-refractivity contribution in [1.29, 1.82) is 0 Å². The molecule has 1 saturated carbocycles. The van der Waals surface area contributed by atoms with E-state index < -0.39 is 0 Å². The second-order valence-electron chi connectivity index (χ2n) is 7.22. The van der Waals surface area contributed by atoms with Gasteiger partial charge in [-0.2, -0.15) is 5.10 Å². The molecule has 1 amide bonds. The Labute approximate surface area is 152 Å². The van der Waals surface area contributed by atoms with Gasteiger partial charge in [0.05, 0.1) is 18.7 Å². The number of oxazole rings is 1. The lowest BCUT2D eigenvalue weighted by Crippen LogP contribution is -2.38. The molecule has 1 saturated heterocycles. The molecule has 2 atom stereocenters. The minimum absolute atomic E-state index is 0.0121. The number of rotatable bonds is 5. The molecule has 8 heteroatoms. The number of carbonyl (C=O) groups excluding carboxylic acids is 1. The summed E-state index contributed by atoms with van der Waals surface area (Å²) in [4.78, 5) is 19.3. The summed E-state index contributed by atoms with van der Waals surface area (Å²) in [7, 11) is 1.68. The molecule has 0 bridgehead atoms. The van der Waals surface area contributed by atoms with Crippen LogP contribution in [0, 0.1) is 0 Å². The first-order chi connectivity index (χ1) is 12.6. The second-order valence-corrected chi connectivity index (χ2v) is 7.22. The monoisotopic (exact) mass is 359 g/mol. The molecule has 4 rings (SSSR count). The summed E-state index contributed by atoms with van der Waals surface area (Å²) >= 11 is 0. The smallest absolute Gasteiger partial charge is 0.276 e. The molecule has 0 radical (unpaired) electrons. The van der Waals surface area contributed by atoms with E-state index in [1.807, 2.05) is 11.1 Å². The van der Waals surface area contributed by atoms with Gasteiger partial charge in [0.25, 0.3) is 5.91 Å². The van der Waals surface area contributed by atoms with Gasteiger partial charge in [0, 0.05) is 25.8 Å². The summed E-state index contributed by atoms with van der Waals surface area (Å²) in [6.45, 7) is 1.12. The molecule has 0 aromatic carbocycles. The number of likely N-dealkylation sites (tertiary alicyclic amines) is 1. The maximum atomic E-state index is 13.0. The van der Waals surface area contributed by atoms with Gasteiger partial charge in [0.1, 0.15) is 12.1 Å². The van der Waals surface area contributed by atoms with Crippen molar-refractivity contribution in [2.75, 3.05) is 19.4 Å². The fourth-order valence-corrected chi connectivity index (χ4v) is 4.05. The Morgan fingerprint density at radius 3 is 2.92 bits per heavy atom. The fourth-order valence-electron chi connectivity index (χ4n) is 4.05. The van der Waals surface area contributed by atoms with E-state index >= 15 is 0 Å². The minimum atomic E-state index is -0.109. The number of hydrogen-bond acceptors (Lipinski definition) is 6. The van der Waals surface area contributed by atoms with Crippen LogP contribution in [0.5, 0.6) is 0 Å². The molecular formula is C18H25N5O3. The van der Waals surface area contributed by atoms with Crippen molar-refractivity contribution < 1.29 is 13.9 Å². The van der Waals surface area contributed by atoms with Crippen molar-refractivity contribution in [2.24, 2.45) is 0 Å². The van der Waals surface area contributed by atoms with Crippen molar-refractivity contribution in [1.82, 2.24) is 19.7 Å². The van der Waals surface area contributed by atoms with Crippen LogP contribution in [0.4, 0.5) is 5.82 Å². The highest BCUT2D eigenvalue weighted by molar-refractivity contribution is 5.92. The van der Waals surface area contributed by atoms with E-state index in [-0.39, 0.29) is 18.1 Å². The number of hydrogen-bond donors (Lipinski definition) is 1. The lowest BCUT2D eigenvalue weighted by Gasteiger charge is -2.23. The molecule has 2 fully saturated rings. The van der Waals surface area contributed by atoms with E-state index in [0.29, 0.717) is 36.4 Å². The number of amides is 1. The summed E-state index contributed by atoms with van der Waals surface area (Å²) in [6, 6.07) is 1.74. The van der Waals surface area contributed by atoms with Crippen molar-refractivity contribution in [3.63, 3.8) is 0 Å². The molecule has 8 nitrogen and oxygen atoms in total. The number of anilines is 1. The molecule has 0 spiro atoms. The highest BCUT2D eigenvalue weighted by Crippen LogP contribution is 2.33. The third kappa shape index (κ3) is 3.33. The van der Waals surface area contributed by atoms with Crippen molar-refractivity contribution in [3.8, 4) is 0 Å². The Morgan fingerprint density at radius 2 is 2.23 bits per heavy atom. The second kappa shape index (κ2) is 7.11. The van der Waals surface area contributed by atoms with Crippen LogP contribution in [0.3, 0.4) is 0 Å². The maximum absolute atomic E-state index is 13.0. The van der Waals surface area contributed by atoms with Gasteiger partial charge in [0.2, 0.25) is 0 Å². The molecule has 2 aromatic rings. The Bertz CT molecular complexity index is 764. The first kappa shape index (κ1) is 17.1. The number of carbonyl (C=O) groups is 1. The number of nitrogens with two attached hydrogens (primary N) is 1. The van der Waals surface area contributed by atoms with E-state index in [0.717, 1.165) is 19.3 Å². The molecule has 1 aliphatic carbocycles. The van der Waals surface area contributed by atoms with Gasteiger partial charge in [0.15, 0.2) is 11.6 Å². The third-order valence-electron chi connectivity index (χ3n) is 5.47. The molecule has 26 heavy (non-hydrogen) atoms. The van der Waals surface area contributed by atoms with Gasteiger partial charge in [-0.05, 0) is 25.3 Å². The Morgan fingerprint density at radius 1 is 1.42 bits per heavy atom. The van der Waals surface area contributed by atoms with Crippen LogP contribution in [0.1, 0.15) is 54.4 Å². The third-order valence-corrected chi connectivity index (χ3v) is 5.47. The summed E-state index contributed by atoms with van der Waals surface area (Å²) in [5.41, 5.74) is 6.08. The van der Waals surface area contributed by atoms with Crippen LogP contribution in [0.2, 0.25) is 0 Å². The van der Waals surface area contributed by atoms with Crippen molar-refractivity contribution in [2.45, 2.75) is 56.7 Å². The number of ether oxygens (including phenoxy) is 1. The van der Waals surface area contributed by atoms with Crippen LogP contribution >= 0.6 is 0 Å². The zero-order valence-electron chi connectivity index (χ0n) is 15.0. The largest absolute Gasteiger partial charge is 0.448 e. The van der Waals surface area contributed by atoms with E-state index in [4.69, 9.17) is 14.9 Å². The lowest BCUT2D eigenvalue weighted by atomic mass is 10.1. The highest BCUT2D eigenvalue weighted by Gasteiger charge is 2.37. The standard InChI is InChI=1S/C18H25N5O3/c1-25-14-8-13(9-22-7-6-16(19)21-22)23(10-14)18(24)15-11-26-17(20-15)12-4-2-3-5-12/h6-7,11-14H,2-5,8-10H2,1H3,(H2,19,21)/t13-,14-/m0/s1. The van der Waals surface area contributed by atoms with Gasteiger partial charge in [-0.25, -0.2) is 4.98 Å². The average molecular weight is 359 g/mol. The number of nitrogens with zero attached hydrogens (tertiary/aromatic N) is 4. The van der Waals surface area contributed by atoms with E-state index in [1.54, 1.807) is 17.9 Å². The summed E-state index contributed by atoms with van der Waals surface area (Å²) in [5.74, 6) is 1.42. The minimum Gasteiger partial charge on any atom is -0.448 e. The van der Waals surface area contributed by atoms with Gasteiger partial charge in [-0.15, -0.1) is 0 Å². The summed E-state index contributed by atoms with van der Waals surface area (Å²) < 4.78 is 12.9. The average Bonchev–Trinajstić information content (AvgIpc) is 3.41. The van der Waals surface area contributed by atoms with E-state index in [1.165, 1.54) is 19.1 Å². The van der Waals surface area contributed by atoms with Gasteiger partial charge < -0.3 is 19.8 Å². The number of methoxy groups -OCH3 is 1. The molecule has 0 unspecified atom stereocenters. The first-order valence-electron chi connectivity index (χ1n) is 9.22. The quantitative estimate of drug-likeness (QED) is 0.877. The number of nitrogen functional groups attached to an aromatic ring is 1. The van der Waals surface area contributed by atoms with E-state index in [2.05, 4.69) is 10.1 Å². The molecule has 3 heterocycles. The van der Waals surface area contributed by atoms with Crippen LogP contribution in [-0.4, -0.2) is 51.4 Å². The predicted molar refractivity (Wildman–Crippen MR) is 94.6 cm³/mol. The predicted octanol–water partition coefficient (Wildman–Crippen LogP) is 2.04. The molecular weight excluding hydrogens is 334 g/mol. The molecule has 2 N–H and O–H groups in total. The molecule has 1 aliphatic heterocycles. The van der Waals surface area contributed by atoms with Crippen LogP contribution in [-0.2, 0) is 11.3 Å². The Hall–Kier alpha value is -2.35. The van der Waals surface area contributed by atoms with Crippen molar-refractivity contribution >= 4 is 11.7 Å². The first-order valence-corrected chi connectivity index (χ1v) is 9.22. The SMILES string of the molecule is CO[C@H]1C[C@@H](Cn2ccc(N)n2)N(C(=O)c2coc(C3CCCC3)n2)C1. The van der Waals surface area contributed by atoms with Gasteiger partial charge in [-0.3, -0.25) is 9.48 Å². The molecule has 2 aliphatic rings. The fraction of sp³-hybridized carbons (Fsp3) is 0.611.